The molecule has 176 valence electrons. The monoisotopic (exact) mass is 434 g/mol. The van der Waals surface area contributed by atoms with Gasteiger partial charge in [0.1, 0.15) is 6.04 Å². The minimum Gasteiger partial charge on any atom is -0.343 e. The number of carbonyl (C=O) groups is 3. The van der Waals surface area contributed by atoms with Gasteiger partial charge >= 0.3 is 0 Å². The quantitative estimate of drug-likeness (QED) is 0.595. The zero-order valence-corrected chi connectivity index (χ0v) is 20.5. The van der Waals surface area contributed by atoms with E-state index >= 15 is 0 Å². The first kappa shape index (κ1) is 25.4. The summed E-state index contributed by atoms with van der Waals surface area (Å²) < 4.78 is 0. The summed E-state index contributed by atoms with van der Waals surface area (Å²) >= 11 is 0. The molecule has 3 amide bonds. The van der Waals surface area contributed by atoms with Crippen molar-refractivity contribution in [2.75, 3.05) is 33.7 Å². The van der Waals surface area contributed by atoms with Gasteiger partial charge in [0.2, 0.25) is 17.7 Å². The van der Waals surface area contributed by atoms with E-state index in [1.807, 2.05) is 52.6 Å². The molecule has 0 aromatic carbocycles. The summed E-state index contributed by atoms with van der Waals surface area (Å²) in [5.74, 6) is -0.0225. The number of likely N-dealkylation sites (tertiary alicyclic amines) is 2. The van der Waals surface area contributed by atoms with Gasteiger partial charge in [-0.15, -0.1) is 0 Å². The lowest BCUT2D eigenvalue weighted by atomic mass is 9.95. The first-order valence-electron chi connectivity index (χ1n) is 11.8. The number of likely N-dealkylation sites (N-methyl/N-ethyl adjacent to an activating group) is 2. The normalized spacial score (nSPS) is 22.2. The molecule has 31 heavy (non-hydrogen) atoms. The SMILES string of the molecule is C/C(=C\C(C(C)C)N(C)C(=O)C(NC(=O)[C@H]1CCCCN1C)C(C)C)C(=O)N1CCC1. The zero-order chi connectivity index (χ0) is 23.3. The summed E-state index contributed by atoms with van der Waals surface area (Å²) in [4.78, 5) is 44.6. The van der Waals surface area contributed by atoms with Crippen molar-refractivity contribution >= 4 is 17.7 Å². The van der Waals surface area contributed by atoms with Gasteiger partial charge in [-0.1, -0.05) is 40.2 Å². The van der Waals surface area contributed by atoms with E-state index in [1.54, 1.807) is 11.9 Å². The number of piperidine rings is 1. The smallest absolute Gasteiger partial charge is 0.249 e. The molecule has 1 N–H and O–H groups in total. The molecule has 2 unspecified atom stereocenters. The first-order valence-corrected chi connectivity index (χ1v) is 11.8. The lowest BCUT2D eigenvalue weighted by Gasteiger charge is -2.36. The summed E-state index contributed by atoms with van der Waals surface area (Å²) in [5, 5.41) is 3.04. The summed E-state index contributed by atoms with van der Waals surface area (Å²) in [7, 11) is 3.75. The molecule has 2 heterocycles. The Morgan fingerprint density at radius 2 is 1.65 bits per heavy atom. The van der Waals surface area contributed by atoms with E-state index in [0.717, 1.165) is 45.3 Å². The molecule has 7 nitrogen and oxygen atoms in total. The second kappa shape index (κ2) is 11.1. The Balaban J connectivity index is 2.14. The molecule has 7 heteroatoms. The third-order valence-electron chi connectivity index (χ3n) is 6.68. The Morgan fingerprint density at radius 1 is 1.00 bits per heavy atom. The number of nitrogens with one attached hydrogen (secondary N) is 1. The van der Waals surface area contributed by atoms with Crippen LogP contribution in [0.2, 0.25) is 0 Å². The van der Waals surface area contributed by atoms with Gasteiger partial charge in [0, 0.05) is 25.7 Å². The molecule has 0 bridgehead atoms. The van der Waals surface area contributed by atoms with Crippen molar-refractivity contribution in [3.05, 3.63) is 11.6 Å². The Labute approximate surface area is 188 Å². The van der Waals surface area contributed by atoms with Crippen molar-refractivity contribution in [3.8, 4) is 0 Å². The van der Waals surface area contributed by atoms with Crippen molar-refractivity contribution in [3.63, 3.8) is 0 Å². The molecule has 0 aromatic rings. The standard InChI is InChI=1S/C24H42N4O3/c1-16(2)20(15-18(5)23(30)28-13-10-14-28)27(7)24(31)21(17(3)4)25-22(29)19-11-8-9-12-26(19)6/h15-17,19-21H,8-14H2,1-7H3,(H,25,29)/b18-15+/t19-,20?,21?/m1/s1. The Kier molecular flexibility index (Phi) is 9.10. The highest BCUT2D eigenvalue weighted by atomic mass is 16.2. The van der Waals surface area contributed by atoms with Crippen molar-refractivity contribution in [1.29, 1.82) is 0 Å². The lowest BCUT2D eigenvalue weighted by molar-refractivity contribution is -0.139. The van der Waals surface area contributed by atoms with Crippen LogP contribution in [0.4, 0.5) is 0 Å². The maximum Gasteiger partial charge on any atom is 0.249 e. The summed E-state index contributed by atoms with van der Waals surface area (Å²) in [6.45, 7) is 12.4. The maximum atomic E-state index is 13.5. The summed E-state index contributed by atoms with van der Waals surface area (Å²) in [6.07, 6.45) is 5.93. The average Bonchev–Trinajstić information content (AvgIpc) is 2.67. The van der Waals surface area contributed by atoms with E-state index in [0.29, 0.717) is 5.57 Å². The van der Waals surface area contributed by atoms with Crippen LogP contribution in [0.1, 0.15) is 60.3 Å². The van der Waals surface area contributed by atoms with E-state index < -0.39 is 6.04 Å². The number of amides is 3. The van der Waals surface area contributed by atoms with Gasteiger partial charge in [0.05, 0.1) is 12.1 Å². The van der Waals surface area contributed by atoms with Crippen LogP contribution in [0, 0.1) is 11.8 Å². The Hall–Kier alpha value is -1.89. The number of hydrogen-bond donors (Lipinski definition) is 1. The fourth-order valence-electron chi connectivity index (χ4n) is 4.38. The molecule has 0 aliphatic carbocycles. The number of carbonyl (C=O) groups excluding carboxylic acids is 3. The van der Waals surface area contributed by atoms with Crippen LogP contribution in [-0.2, 0) is 14.4 Å². The Morgan fingerprint density at radius 3 is 2.13 bits per heavy atom. The third-order valence-corrected chi connectivity index (χ3v) is 6.68. The average molecular weight is 435 g/mol. The highest BCUT2D eigenvalue weighted by Crippen LogP contribution is 2.20. The third kappa shape index (κ3) is 6.31. The zero-order valence-electron chi connectivity index (χ0n) is 20.5. The molecule has 0 aromatic heterocycles. The predicted octanol–water partition coefficient (Wildman–Crippen LogP) is 2.27. The van der Waals surface area contributed by atoms with Gasteiger partial charge in [0.15, 0.2) is 0 Å². The van der Waals surface area contributed by atoms with Crippen molar-refractivity contribution < 1.29 is 14.4 Å². The van der Waals surface area contributed by atoms with Crippen LogP contribution in [0.3, 0.4) is 0 Å². The van der Waals surface area contributed by atoms with E-state index in [1.165, 1.54) is 0 Å². The van der Waals surface area contributed by atoms with E-state index in [4.69, 9.17) is 0 Å². The molecule has 2 fully saturated rings. The first-order chi connectivity index (χ1) is 14.5. The van der Waals surface area contributed by atoms with Crippen LogP contribution in [0.25, 0.3) is 0 Å². The van der Waals surface area contributed by atoms with E-state index in [2.05, 4.69) is 10.2 Å². The topological polar surface area (TPSA) is 73.0 Å². The largest absolute Gasteiger partial charge is 0.343 e. The lowest BCUT2D eigenvalue weighted by Crippen LogP contribution is -2.57. The molecule has 2 saturated heterocycles. The molecule has 0 saturated carbocycles. The summed E-state index contributed by atoms with van der Waals surface area (Å²) in [5.41, 5.74) is 0.673. The molecule has 0 spiro atoms. The van der Waals surface area contributed by atoms with Gasteiger partial charge in [-0.3, -0.25) is 19.3 Å². The minimum atomic E-state index is -0.589. The van der Waals surface area contributed by atoms with Crippen LogP contribution in [-0.4, -0.2) is 84.3 Å². The van der Waals surface area contributed by atoms with Gasteiger partial charge < -0.3 is 15.1 Å². The highest BCUT2D eigenvalue weighted by molar-refractivity contribution is 5.94. The number of nitrogens with zero attached hydrogens (tertiary/aromatic N) is 3. The fraction of sp³-hybridized carbons (Fsp3) is 0.792. The molecule has 3 atom stereocenters. The van der Waals surface area contributed by atoms with E-state index in [-0.39, 0.29) is 41.6 Å². The van der Waals surface area contributed by atoms with Crippen molar-refractivity contribution in [1.82, 2.24) is 20.0 Å². The van der Waals surface area contributed by atoms with Gasteiger partial charge in [0.25, 0.3) is 0 Å². The fourth-order valence-corrected chi connectivity index (χ4v) is 4.38. The highest BCUT2D eigenvalue weighted by Gasteiger charge is 2.34. The van der Waals surface area contributed by atoms with Gasteiger partial charge in [-0.25, -0.2) is 0 Å². The Bertz CT molecular complexity index is 684. The molecular formula is C24H42N4O3. The van der Waals surface area contributed by atoms with Crippen LogP contribution >= 0.6 is 0 Å². The van der Waals surface area contributed by atoms with Gasteiger partial charge in [-0.2, -0.15) is 0 Å². The van der Waals surface area contributed by atoms with Crippen molar-refractivity contribution in [2.24, 2.45) is 11.8 Å². The van der Waals surface area contributed by atoms with Crippen LogP contribution < -0.4 is 5.32 Å². The minimum absolute atomic E-state index is 0.0339. The van der Waals surface area contributed by atoms with Crippen molar-refractivity contribution in [2.45, 2.75) is 78.4 Å². The van der Waals surface area contributed by atoms with E-state index in [9.17, 15) is 14.4 Å². The number of rotatable bonds is 8. The molecule has 0 radical (unpaired) electrons. The molecular weight excluding hydrogens is 392 g/mol. The van der Waals surface area contributed by atoms with Gasteiger partial charge in [-0.05, 0) is 51.6 Å². The number of hydrogen-bond acceptors (Lipinski definition) is 4. The second-order valence-corrected chi connectivity index (χ2v) is 9.90. The second-order valence-electron chi connectivity index (χ2n) is 9.90. The molecule has 2 rings (SSSR count). The molecule has 2 aliphatic rings. The molecule has 2 aliphatic heterocycles. The summed E-state index contributed by atoms with van der Waals surface area (Å²) in [6, 6.07) is -0.979. The predicted molar refractivity (Wildman–Crippen MR) is 123 cm³/mol. The van der Waals surface area contributed by atoms with Crippen LogP contribution in [0.15, 0.2) is 11.6 Å². The van der Waals surface area contributed by atoms with Crippen LogP contribution in [0.5, 0.6) is 0 Å². The maximum absolute atomic E-state index is 13.5.